The zero-order valence-corrected chi connectivity index (χ0v) is 8.06. The molecule has 0 spiro atoms. The highest BCUT2D eigenvalue weighted by molar-refractivity contribution is 6.29. The highest BCUT2D eigenvalue weighted by Gasteiger charge is 2.09. The zero-order valence-electron chi connectivity index (χ0n) is 7.31. The molecule has 0 atom stereocenters. The Labute approximate surface area is 80.4 Å². The first-order chi connectivity index (χ1) is 6.02. The number of pyridine rings is 1. The molecule has 1 aromatic heterocycles. The monoisotopic (exact) mass is 201 g/mol. The van der Waals surface area contributed by atoms with E-state index in [9.17, 15) is 4.39 Å². The summed E-state index contributed by atoms with van der Waals surface area (Å²) in [5.74, 6) is -0.351. The molecule has 0 bridgehead atoms. The van der Waals surface area contributed by atoms with Crippen LogP contribution in [-0.4, -0.2) is 10.8 Å². The zero-order chi connectivity index (χ0) is 10.0. The molecule has 0 fully saturated rings. The Balaban J connectivity index is 3.34. The van der Waals surface area contributed by atoms with Gasteiger partial charge in [0.05, 0.1) is 5.84 Å². The molecule has 70 valence electrons. The molecule has 2 N–H and O–H groups in total. The molecule has 5 heteroatoms. The summed E-state index contributed by atoms with van der Waals surface area (Å²) in [4.78, 5) is 7.44. The normalized spacial score (nSPS) is 11.8. The fourth-order valence-corrected chi connectivity index (χ4v) is 0.994. The lowest BCUT2D eigenvalue weighted by Gasteiger charge is -2.02. The van der Waals surface area contributed by atoms with E-state index in [-0.39, 0.29) is 16.7 Å². The molecule has 1 rings (SSSR count). The van der Waals surface area contributed by atoms with Crippen LogP contribution in [0.4, 0.5) is 10.1 Å². The van der Waals surface area contributed by atoms with Crippen molar-refractivity contribution in [2.45, 2.75) is 13.8 Å². The third-order valence-electron chi connectivity index (χ3n) is 1.42. The van der Waals surface area contributed by atoms with Crippen LogP contribution in [0, 0.1) is 12.7 Å². The third kappa shape index (κ3) is 2.15. The Bertz CT molecular complexity index is 359. The van der Waals surface area contributed by atoms with Crippen LogP contribution in [0.5, 0.6) is 0 Å². The van der Waals surface area contributed by atoms with Crippen molar-refractivity contribution in [3.8, 4) is 0 Å². The van der Waals surface area contributed by atoms with Gasteiger partial charge in [0.15, 0.2) is 11.0 Å². The summed E-state index contributed by atoms with van der Waals surface area (Å²) in [6.07, 6.45) is 1.45. The summed E-state index contributed by atoms with van der Waals surface area (Å²) < 4.78 is 13.3. The van der Waals surface area contributed by atoms with Crippen molar-refractivity contribution in [2.24, 2.45) is 10.7 Å². The smallest absolute Gasteiger partial charge is 0.186 e. The van der Waals surface area contributed by atoms with Gasteiger partial charge in [0.1, 0.15) is 5.69 Å². The maximum atomic E-state index is 13.3. The summed E-state index contributed by atoms with van der Waals surface area (Å²) in [7, 11) is 0. The molecule has 0 aromatic carbocycles. The molecule has 0 radical (unpaired) electrons. The fourth-order valence-electron chi connectivity index (χ4n) is 0.856. The van der Waals surface area contributed by atoms with Crippen molar-refractivity contribution in [1.29, 1.82) is 0 Å². The van der Waals surface area contributed by atoms with Crippen LogP contribution in [0.15, 0.2) is 11.2 Å². The minimum atomic E-state index is -0.633. The van der Waals surface area contributed by atoms with Crippen LogP contribution < -0.4 is 5.73 Å². The summed E-state index contributed by atoms with van der Waals surface area (Å²) in [5.41, 5.74) is 6.09. The molecule has 1 heterocycles. The molecule has 0 aliphatic rings. The van der Waals surface area contributed by atoms with Gasteiger partial charge in [-0.25, -0.2) is 14.4 Å². The third-order valence-corrected chi connectivity index (χ3v) is 1.69. The fraction of sp³-hybridized carbons (Fsp3) is 0.250. The second-order valence-corrected chi connectivity index (χ2v) is 3.01. The SMILES string of the molecule is CC(N)=Nc1c(C)cnc(Cl)c1F. The van der Waals surface area contributed by atoms with E-state index >= 15 is 0 Å². The maximum absolute atomic E-state index is 13.3. The summed E-state index contributed by atoms with van der Waals surface area (Å²) in [5, 5.41) is -0.189. The van der Waals surface area contributed by atoms with Gasteiger partial charge < -0.3 is 5.73 Å². The highest BCUT2D eigenvalue weighted by Crippen LogP contribution is 2.26. The average molecular weight is 202 g/mol. The molecule has 3 nitrogen and oxygen atoms in total. The number of aliphatic imine (C=N–C) groups is 1. The van der Waals surface area contributed by atoms with Gasteiger partial charge in [-0.3, -0.25) is 0 Å². The highest BCUT2D eigenvalue weighted by atomic mass is 35.5. The Morgan fingerprint density at radius 3 is 2.85 bits per heavy atom. The molecule has 1 aromatic rings. The summed E-state index contributed by atoms with van der Waals surface area (Å²) >= 11 is 5.47. The largest absolute Gasteiger partial charge is 0.387 e. The number of hydrogen-bond donors (Lipinski definition) is 1. The predicted molar refractivity (Wildman–Crippen MR) is 50.9 cm³/mol. The summed E-state index contributed by atoms with van der Waals surface area (Å²) in [6, 6.07) is 0. The number of amidine groups is 1. The van der Waals surface area contributed by atoms with Gasteiger partial charge in [-0.15, -0.1) is 0 Å². The van der Waals surface area contributed by atoms with Crippen molar-refractivity contribution in [1.82, 2.24) is 4.98 Å². The van der Waals surface area contributed by atoms with Gasteiger partial charge in [-0.2, -0.15) is 0 Å². The molecule has 0 unspecified atom stereocenters. The van der Waals surface area contributed by atoms with Gasteiger partial charge in [0.25, 0.3) is 0 Å². The Morgan fingerprint density at radius 2 is 2.31 bits per heavy atom. The minimum Gasteiger partial charge on any atom is -0.387 e. The van der Waals surface area contributed by atoms with E-state index in [4.69, 9.17) is 17.3 Å². The van der Waals surface area contributed by atoms with Crippen molar-refractivity contribution in [2.75, 3.05) is 0 Å². The topological polar surface area (TPSA) is 51.3 Å². The van der Waals surface area contributed by atoms with E-state index in [0.29, 0.717) is 5.56 Å². The van der Waals surface area contributed by atoms with Crippen LogP contribution in [0.1, 0.15) is 12.5 Å². The minimum absolute atomic E-state index is 0.153. The number of aryl methyl sites for hydroxylation is 1. The first-order valence-corrected chi connectivity index (χ1v) is 4.01. The molecule has 0 amide bonds. The van der Waals surface area contributed by atoms with Gasteiger partial charge in [-0.1, -0.05) is 11.6 Å². The lowest BCUT2D eigenvalue weighted by molar-refractivity contribution is 0.622. The van der Waals surface area contributed by atoms with E-state index in [0.717, 1.165) is 0 Å². The Hall–Kier alpha value is -1.16. The van der Waals surface area contributed by atoms with Crippen LogP contribution >= 0.6 is 11.6 Å². The van der Waals surface area contributed by atoms with Crippen LogP contribution in [0.25, 0.3) is 0 Å². The first-order valence-electron chi connectivity index (χ1n) is 3.63. The lowest BCUT2D eigenvalue weighted by Crippen LogP contribution is -2.04. The van der Waals surface area contributed by atoms with E-state index < -0.39 is 5.82 Å². The summed E-state index contributed by atoms with van der Waals surface area (Å²) in [6.45, 7) is 3.27. The molecular weight excluding hydrogens is 193 g/mol. The Morgan fingerprint density at radius 1 is 1.69 bits per heavy atom. The van der Waals surface area contributed by atoms with Crippen molar-refractivity contribution in [3.05, 3.63) is 22.7 Å². The quantitative estimate of drug-likeness (QED) is 0.430. The number of rotatable bonds is 1. The number of aromatic nitrogens is 1. The van der Waals surface area contributed by atoms with Crippen molar-refractivity contribution >= 4 is 23.1 Å². The van der Waals surface area contributed by atoms with Crippen molar-refractivity contribution in [3.63, 3.8) is 0 Å². The van der Waals surface area contributed by atoms with E-state index in [1.165, 1.54) is 6.20 Å². The molecule has 0 saturated heterocycles. The van der Waals surface area contributed by atoms with E-state index in [2.05, 4.69) is 9.98 Å². The van der Waals surface area contributed by atoms with Crippen LogP contribution in [-0.2, 0) is 0 Å². The van der Waals surface area contributed by atoms with E-state index in [1.54, 1.807) is 13.8 Å². The van der Waals surface area contributed by atoms with Gasteiger partial charge >= 0.3 is 0 Å². The molecule has 0 aliphatic carbocycles. The second-order valence-electron chi connectivity index (χ2n) is 2.65. The molecule has 0 saturated carbocycles. The number of hydrogen-bond acceptors (Lipinski definition) is 2. The van der Waals surface area contributed by atoms with Gasteiger partial charge in [-0.05, 0) is 19.4 Å². The number of nitrogens with two attached hydrogens (primary N) is 1. The van der Waals surface area contributed by atoms with Gasteiger partial charge in [0, 0.05) is 6.20 Å². The predicted octanol–water partition coefficient (Wildman–Crippen LogP) is 2.19. The molecule has 13 heavy (non-hydrogen) atoms. The van der Waals surface area contributed by atoms with Crippen LogP contribution in [0.2, 0.25) is 5.15 Å². The molecular formula is C8H9ClFN3. The number of halogens is 2. The average Bonchev–Trinajstić information content (AvgIpc) is 2.05. The first kappa shape index (κ1) is 9.92. The standard InChI is InChI=1S/C8H9ClFN3/c1-4-3-12-8(9)6(10)7(4)13-5(2)11/h3H,1-2H3,(H2,11,12,13). The van der Waals surface area contributed by atoms with Gasteiger partial charge in [0.2, 0.25) is 0 Å². The van der Waals surface area contributed by atoms with Crippen LogP contribution in [0.3, 0.4) is 0 Å². The lowest BCUT2D eigenvalue weighted by atomic mass is 10.2. The second kappa shape index (κ2) is 3.70. The van der Waals surface area contributed by atoms with E-state index in [1.807, 2.05) is 0 Å². The van der Waals surface area contributed by atoms with Crippen molar-refractivity contribution < 1.29 is 4.39 Å². The number of nitrogens with zero attached hydrogens (tertiary/aromatic N) is 2. The molecule has 0 aliphatic heterocycles. The Kier molecular flexibility index (Phi) is 2.83. The maximum Gasteiger partial charge on any atom is 0.186 e.